The molecule has 0 saturated heterocycles. The minimum absolute atomic E-state index is 0.180. The number of hydrogen-bond donors (Lipinski definition) is 0. The van der Waals surface area contributed by atoms with E-state index in [1.807, 2.05) is 0 Å². The molecule has 0 saturated carbocycles. The van der Waals surface area contributed by atoms with Gasteiger partial charge in [-0.25, -0.2) is 0 Å². The van der Waals surface area contributed by atoms with E-state index in [0.717, 1.165) is 12.8 Å². The number of rotatable bonds is 18. The lowest BCUT2D eigenvalue weighted by Gasteiger charge is -2.31. The van der Waals surface area contributed by atoms with E-state index in [1.54, 1.807) is 0 Å². The molecule has 2 aliphatic carbocycles. The predicted molar refractivity (Wildman–Crippen MR) is 431 cm³/mol. The molecule has 0 spiro atoms. The quantitative estimate of drug-likeness (QED) is 0.0849. The zero-order chi connectivity index (χ0) is 70.3. The maximum absolute atomic E-state index is 2.45. The first kappa shape index (κ1) is 68.4. The summed E-state index contributed by atoms with van der Waals surface area (Å²) in [6.07, 6.45) is 7.00. The molecule has 0 fully saturated rings. The summed E-state index contributed by atoms with van der Waals surface area (Å²) in [5, 5.41) is 0. The molecule has 12 aromatic rings. The highest BCUT2D eigenvalue weighted by Gasteiger charge is 2.39. The first-order chi connectivity index (χ1) is 48.1. The second kappa shape index (κ2) is 28.2. The van der Waals surface area contributed by atoms with Crippen LogP contribution in [0.1, 0.15) is 156 Å². The lowest BCUT2D eigenvalue weighted by molar-refractivity contribution is 0.660. The largest absolute Gasteiger partial charge is 0.310 e. The van der Waals surface area contributed by atoms with Gasteiger partial charge in [0, 0.05) is 67.7 Å². The maximum Gasteiger partial charge on any atom is 0.0520 e. The fraction of sp³-hybridized carbons (Fsp3) is 0.250. The van der Waals surface area contributed by atoms with Gasteiger partial charge in [-0.3, -0.25) is 0 Å². The van der Waals surface area contributed by atoms with Gasteiger partial charge in [0.2, 0.25) is 0 Å². The van der Waals surface area contributed by atoms with Crippen LogP contribution < -0.4 is 19.6 Å². The van der Waals surface area contributed by atoms with Crippen molar-refractivity contribution in [2.75, 3.05) is 19.6 Å². The molecule has 14 rings (SSSR count). The highest BCUT2D eigenvalue weighted by molar-refractivity contribution is 5.92. The van der Waals surface area contributed by atoms with Crippen LogP contribution in [0.3, 0.4) is 0 Å². The van der Waals surface area contributed by atoms with Crippen molar-refractivity contribution in [2.24, 2.45) is 0 Å². The van der Waals surface area contributed by atoms with Gasteiger partial charge in [0.25, 0.3) is 0 Å². The molecule has 0 radical (unpaired) electrons. The Morgan fingerprint density at radius 3 is 0.750 bits per heavy atom. The summed E-state index contributed by atoms with van der Waals surface area (Å²) in [5.74, 6) is 0. The molecule has 0 aromatic heterocycles. The third kappa shape index (κ3) is 13.5. The lowest BCUT2D eigenvalue weighted by Crippen LogP contribution is -2.18. The van der Waals surface area contributed by atoms with Crippen LogP contribution >= 0.6 is 0 Å². The summed E-state index contributed by atoms with van der Waals surface area (Å²) in [6, 6.07) is 91.7. The van der Waals surface area contributed by atoms with Crippen LogP contribution in [0.4, 0.5) is 68.2 Å². The highest BCUT2D eigenvalue weighted by atomic mass is 15.2. The van der Waals surface area contributed by atoms with Crippen molar-refractivity contribution in [3.05, 3.63) is 332 Å². The van der Waals surface area contributed by atoms with Gasteiger partial charge in [0.05, 0.1) is 11.4 Å². The van der Waals surface area contributed by atoms with Gasteiger partial charge in [0.15, 0.2) is 0 Å². The van der Waals surface area contributed by atoms with Gasteiger partial charge in [-0.1, -0.05) is 209 Å². The molecule has 0 atom stereocenters. The fourth-order valence-corrected chi connectivity index (χ4v) is 16.0. The summed E-state index contributed by atoms with van der Waals surface area (Å²) >= 11 is 0. The minimum atomic E-state index is -0.191. The minimum Gasteiger partial charge on any atom is -0.310 e. The van der Waals surface area contributed by atoms with Gasteiger partial charge in [0.1, 0.15) is 0 Å². The summed E-state index contributed by atoms with van der Waals surface area (Å²) in [4.78, 5) is 9.78. The van der Waals surface area contributed by atoms with E-state index in [2.05, 4.69) is 373 Å². The second-order valence-corrected chi connectivity index (χ2v) is 29.9. The van der Waals surface area contributed by atoms with Crippen LogP contribution in [0.5, 0.6) is 0 Å². The molecule has 0 unspecified atom stereocenters. The summed E-state index contributed by atoms with van der Waals surface area (Å²) in [6.45, 7) is 36.1. The molecule has 0 aliphatic heterocycles. The predicted octanol–water partition coefficient (Wildman–Crippen LogP) is 27.6. The molecule has 0 bridgehead atoms. The zero-order valence-corrected chi connectivity index (χ0v) is 62.1. The molecule has 100 heavy (non-hydrogen) atoms. The van der Waals surface area contributed by atoms with Crippen LogP contribution in [0.15, 0.2) is 243 Å². The van der Waals surface area contributed by atoms with Crippen molar-refractivity contribution in [1.82, 2.24) is 0 Å². The van der Waals surface area contributed by atoms with Crippen LogP contribution in [-0.2, 0) is 23.7 Å². The van der Waals surface area contributed by atoms with Crippen molar-refractivity contribution in [3.63, 3.8) is 0 Å². The number of benzene rings is 12. The maximum atomic E-state index is 2.45. The van der Waals surface area contributed by atoms with Gasteiger partial charge >= 0.3 is 0 Å². The van der Waals surface area contributed by atoms with Gasteiger partial charge in [-0.05, 0) is 294 Å². The number of anilines is 12. The zero-order valence-electron chi connectivity index (χ0n) is 62.1. The smallest absolute Gasteiger partial charge is 0.0520 e. The Hall–Kier alpha value is -10.2. The molecule has 0 N–H and O–H groups in total. The molecule has 4 heteroatoms. The third-order valence-electron chi connectivity index (χ3n) is 21.2. The number of hydrogen-bond acceptors (Lipinski definition) is 4. The molecule has 504 valence electrons. The van der Waals surface area contributed by atoms with Gasteiger partial charge < -0.3 is 19.6 Å². The number of nitrogens with zero attached hydrogens (tertiary/aromatic N) is 4. The topological polar surface area (TPSA) is 13.0 Å². The first-order valence-electron chi connectivity index (χ1n) is 36.5. The molecule has 0 heterocycles. The summed E-state index contributed by atoms with van der Waals surface area (Å²) < 4.78 is 0. The van der Waals surface area contributed by atoms with Crippen LogP contribution in [-0.4, -0.2) is 0 Å². The van der Waals surface area contributed by atoms with Crippen molar-refractivity contribution in [3.8, 4) is 22.3 Å². The molecule has 4 nitrogen and oxygen atoms in total. The second-order valence-electron chi connectivity index (χ2n) is 29.9. The first-order valence-corrected chi connectivity index (χ1v) is 36.5. The standard InChI is InChI=1S/C49H52N2.C47H48N2/c1-7-9-13-37-15-11-17-41(31-37)50(39-23-19-35(3)20-24-39)43-27-29-45-46-30-28-44(34-48(46)49(5,6)47(45)33-43)51(40-25-21-36(4)22-26-40)42-18-12-16-38(32-42)14-10-8-2;1-29-11-15-37(16-12-29)48(45-33(5)23-31(3)24-34(45)6)39-19-21-41-42-22-20-40(28-44(42)47(9,10)43(41)27-39)49(38-17-13-30(2)14-18-38)46-35(7)25-32(4)26-36(46)8/h11-12,15-34H,7-10,13-14H2,1-6H3;11-28H,1-10H3. The van der Waals surface area contributed by atoms with E-state index >= 15 is 0 Å². The highest BCUT2D eigenvalue weighted by Crippen LogP contribution is 2.55. The van der Waals surface area contributed by atoms with Crippen molar-refractivity contribution in [2.45, 2.75) is 160 Å². The van der Waals surface area contributed by atoms with Gasteiger partial charge in [-0.15, -0.1) is 0 Å². The number of fused-ring (bicyclic) bond motifs is 6. The van der Waals surface area contributed by atoms with Crippen molar-refractivity contribution in [1.29, 1.82) is 0 Å². The average Bonchev–Trinajstić information content (AvgIpc) is 1.57. The SMILES string of the molecule is CCCCc1cccc(N(c2ccc(C)cc2)c2ccc3c(c2)C(C)(C)c2cc(N(c4ccc(C)cc4)c4cccc(CCCC)c4)ccc2-3)c1.Cc1ccc(N(c2ccc3c(c2)C(C)(C)c2cc(N(c4ccc(C)cc4)c4c(C)cc(C)cc4C)ccc2-3)c2c(C)cc(C)cc2C)cc1. The van der Waals surface area contributed by atoms with E-state index < -0.39 is 0 Å². The van der Waals surface area contributed by atoms with E-state index in [9.17, 15) is 0 Å². The summed E-state index contributed by atoms with van der Waals surface area (Å²) in [5.41, 5.74) is 40.3. The molecular weight excluding hydrogens is 1210 g/mol. The number of unbranched alkanes of at least 4 members (excludes halogenated alkanes) is 2. The Kier molecular flexibility index (Phi) is 19.3. The van der Waals surface area contributed by atoms with Crippen LogP contribution in [0.2, 0.25) is 0 Å². The van der Waals surface area contributed by atoms with E-state index in [0.29, 0.717) is 0 Å². The fourth-order valence-electron chi connectivity index (χ4n) is 16.0. The lowest BCUT2D eigenvalue weighted by atomic mass is 9.82. The molecule has 2 aliphatic rings. The molecule has 0 amide bonds. The van der Waals surface area contributed by atoms with Crippen molar-refractivity contribution < 1.29 is 0 Å². The van der Waals surface area contributed by atoms with Gasteiger partial charge in [-0.2, -0.15) is 0 Å². The summed E-state index contributed by atoms with van der Waals surface area (Å²) in [7, 11) is 0. The van der Waals surface area contributed by atoms with Crippen LogP contribution in [0.25, 0.3) is 22.3 Å². The Labute approximate surface area is 598 Å². The normalized spacial score (nSPS) is 12.8. The average molecular weight is 1310 g/mol. The monoisotopic (exact) mass is 1310 g/mol. The Morgan fingerprint density at radius 1 is 0.240 bits per heavy atom. The van der Waals surface area contributed by atoms with E-state index in [-0.39, 0.29) is 10.8 Å². The molecular formula is C96H100N4. The Bertz CT molecular complexity index is 4610. The van der Waals surface area contributed by atoms with E-state index in [4.69, 9.17) is 0 Å². The van der Waals surface area contributed by atoms with Crippen LogP contribution in [0, 0.1) is 69.2 Å². The van der Waals surface area contributed by atoms with Crippen molar-refractivity contribution >= 4 is 68.2 Å². The Morgan fingerprint density at radius 2 is 0.480 bits per heavy atom. The third-order valence-corrected chi connectivity index (χ3v) is 21.2. The van der Waals surface area contributed by atoms with E-state index in [1.165, 1.54) is 205 Å². The Balaban J connectivity index is 0.000000179. The number of aryl methyl sites for hydroxylation is 12. The molecule has 12 aromatic carbocycles.